The lowest BCUT2D eigenvalue weighted by Crippen LogP contribution is -2.55. The summed E-state index contributed by atoms with van der Waals surface area (Å²) < 4.78 is 70.4. The number of halogens is 4. The van der Waals surface area contributed by atoms with E-state index in [4.69, 9.17) is 14.3 Å². The number of amides is 2. The van der Waals surface area contributed by atoms with Gasteiger partial charge < -0.3 is 29.1 Å². The highest BCUT2D eigenvalue weighted by Gasteiger charge is 2.61. The Labute approximate surface area is 254 Å². The zero-order valence-corrected chi connectivity index (χ0v) is 24.2. The minimum Gasteiger partial charge on any atom is -0.483 e. The quantitative estimate of drug-likeness (QED) is 0.413. The molecule has 6 rings (SSSR count). The molecule has 0 saturated carbocycles. The van der Waals surface area contributed by atoms with Crippen molar-refractivity contribution in [3.8, 4) is 5.75 Å². The molecule has 1 spiro atoms. The molecular weight excluding hydrogens is 600 g/mol. The highest BCUT2D eigenvalue weighted by atomic mass is 19.1. The van der Waals surface area contributed by atoms with Crippen LogP contribution in [0.1, 0.15) is 57.8 Å². The van der Waals surface area contributed by atoms with Gasteiger partial charge >= 0.3 is 0 Å². The monoisotopic (exact) mass is 628 g/mol. The number of carbonyl (C=O) groups excluding carboxylic acids is 2. The molecule has 14 heteroatoms. The first kappa shape index (κ1) is 30.2. The molecule has 1 saturated heterocycles. The van der Waals surface area contributed by atoms with Gasteiger partial charge in [0.25, 0.3) is 17.7 Å². The van der Waals surface area contributed by atoms with Crippen molar-refractivity contribution in [2.45, 2.75) is 56.8 Å². The second-order valence-electron chi connectivity index (χ2n) is 11.2. The number of rotatable bonds is 6. The Bertz CT molecular complexity index is 1740. The summed E-state index contributed by atoms with van der Waals surface area (Å²) in [4.78, 5) is 48.5. The second-order valence-corrected chi connectivity index (χ2v) is 11.2. The maximum atomic E-state index is 16.1. The molecule has 3 aliphatic heterocycles. The van der Waals surface area contributed by atoms with Gasteiger partial charge in [0.2, 0.25) is 11.6 Å². The van der Waals surface area contributed by atoms with Gasteiger partial charge in [-0.1, -0.05) is 30.3 Å². The summed E-state index contributed by atoms with van der Waals surface area (Å²) in [5.41, 5.74) is -3.37. The van der Waals surface area contributed by atoms with Crippen molar-refractivity contribution in [3.05, 3.63) is 98.7 Å². The van der Waals surface area contributed by atoms with Crippen molar-refractivity contribution in [2.24, 2.45) is 5.16 Å². The number of hydrogen-bond acceptors (Lipinski definition) is 7. The van der Waals surface area contributed by atoms with E-state index in [1.165, 1.54) is 16.6 Å². The minimum absolute atomic E-state index is 0.0476. The average Bonchev–Trinajstić information content (AvgIpc) is 3.27. The van der Waals surface area contributed by atoms with E-state index in [2.05, 4.69) is 10.5 Å². The lowest BCUT2D eigenvalue weighted by Gasteiger charge is -2.42. The van der Waals surface area contributed by atoms with E-state index in [0.717, 1.165) is 6.20 Å². The summed E-state index contributed by atoms with van der Waals surface area (Å²) in [5.74, 6) is -5.99. The average molecular weight is 629 g/mol. The summed E-state index contributed by atoms with van der Waals surface area (Å²) in [7, 11) is 1.25. The highest BCUT2D eigenvalue weighted by molar-refractivity contribution is 5.99. The van der Waals surface area contributed by atoms with Crippen LogP contribution in [0.25, 0.3) is 0 Å². The number of ether oxygens (including phenoxy) is 2. The van der Waals surface area contributed by atoms with Crippen LogP contribution in [0.2, 0.25) is 0 Å². The Kier molecular flexibility index (Phi) is 7.75. The lowest BCUT2D eigenvalue weighted by molar-refractivity contribution is -0.0960. The van der Waals surface area contributed by atoms with Crippen LogP contribution in [0.3, 0.4) is 0 Å². The van der Waals surface area contributed by atoms with E-state index >= 15 is 4.39 Å². The van der Waals surface area contributed by atoms with Crippen LogP contribution in [0.5, 0.6) is 5.75 Å². The van der Waals surface area contributed by atoms with Crippen LogP contribution in [-0.2, 0) is 22.7 Å². The molecule has 236 valence electrons. The Morgan fingerprint density at radius 3 is 2.53 bits per heavy atom. The van der Waals surface area contributed by atoms with Crippen molar-refractivity contribution < 1.29 is 41.5 Å². The number of oxime groups is 1. The highest BCUT2D eigenvalue weighted by Crippen LogP contribution is 2.47. The van der Waals surface area contributed by atoms with E-state index in [0.29, 0.717) is 24.1 Å². The number of methoxy groups -OCH3 is 1. The fourth-order valence-electron chi connectivity index (χ4n) is 6.09. The molecule has 3 aromatic rings. The Morgan fingerprint density at radius 1 is 1.16 bits per heavy atom. The van der Waals surface area contributed by atoms with Gasteiger partial charge in [0.15, 0.2) is 17.0 Å². The Hall–Kier alpha value is -4.88. The van der Waals surface area contributed by atoms with E-state index < -0.39 is 75.9 Å². The number of benzene rings is 2. The summed E-state index contributed by atoms with van der Waals surface area (Å²) in [6, 6.07) is 8.30. The van der Waals surface area contributed by atoms with Crippen molar-refractivity contribution in [1.29, 1.82) is 0 Å². The largest absolute Gasteiger partial charge is 0.483 e. The third-order valence-electron chi connectivity index (χ3n) is 8.57. The van der Waals surface area contributed by atoms with Crippen LogP contribution in [-0.4, -0.2) is 58.6 Å². The molecule has 3 aliphatic rings. The number of carbonyl (C=O) groups is 2. The molecule has 2 amide bonds. The van der Waals surface area contributed by atoms with Gasteiger partial charge in [-0.15, -0.1) is 0 Å². The molecule has 1 aromatic heterocycles. The molecule has 4 atom stereocenters. The molecule has 1 fully saturated rings. The van der Waals surface area contributed by atoms with E-state index in [1.54, 1.807) is 37.3 Å². The van der Waals surface area contributed by atoms with Gasteiger partial charge in [-0.25, -0.2) is 17.6 Å². The van der Waals surface area contributed by atoms with Gasteiger partial charge in [-0.2, -0.15) is 0 Å². The third-order valence-corrected chi connectivity index (χ3v) is 8.57. The third kappa shape index (κ3) is 5.07. The minimum atomic E-state index is -1.85. The zero-order chi connectivity index (χ0) is 32.0. The van der Waals surface area contributed by atoms with Crippen LogP contribution in [0, 0.1) is 17.5 Å². The smallest absolute Gasteiger partial charge is 0.274 e. The molecule has 0 aliphatic carbocycles. The van der Waals surface area contributed by atoms with Crippen molar-refractivity contribution >= 4 is 17.7 Å². The van der Waals surface area contributed by atoms with Crippen molar-refractivity contribution in [2.75, 3.05) is 13.7 Å². The van der Waals surface area contributed by atoms with E-state index in [-0.39, 0.29) is 37.2 Å². The summed E-state index contributed by atoms with van der Waals surface area (Å²) in [5, 5.41) is 6.09. The number of pyridine rings is 1. The SMILES string of the molecule is COC1=NO[C@@]2(CC[C@H](C)N3C[C@H]2n2cc(C(=O)NCc4c(F)cc(F)cc4F)c(=O)c(OCc4ccccc4)c2C3=O)[C@@H]1F. The molecular formula is C31H28F4N4O6. The van der Waals surface area contributed by atoms with Crippen LogP contribution in [0.4, 0.5) is 17.6 Å². The first-order valence-electron chi connectivity index (χ1n) is 14.2. The molecule has 2 aromatic carbocycles. The molecule has 45 heavy (non-hydrogen) atoms. The first-order chi connectivity index (χ1) is 21.6. The predicted octanol–water partition coefficient (Wildman–Crippen LogP) is 4.02. The Balaban J connectivity index is 1.47. The number of alkyl halides is 1. The topological polar surface area (TPSA) is 111 Å². The van der Waals surface area contributed by atoms with Crippen LogP contribution < -0.4 is 15.5 Å². The van der Waals surface area contributed by atoms with Crippen LogP contribution in [0.15, 0.2) is 58.6 Å². The standard InChI is InChI=1S/C31H28F4N4O6/c1-16-8-9-31(27(35)29(43-2)37-45-31)23-14-38(16)30(42)24-26(44-15-17-6-4-3-5-7-17)25(40)20(13-39(23)24)28(41)36-12-19-21(33)10-18(32)11-22(19)34/h3-7,10-11,13,16,23,27H,8-9,12,14-15H2,1-2H3,(H,36,41)/t16-,23+,27+,31+/m0/s1. The predicted molar refractivity (Wildman–Crippen MR) is 151 cm³/mol. The lowest BCUT2D eigenvalue weighted by atomic mass is 9.84. The second kappa shape index (κ2) is 11.6. The number of hydrogen-bond donors (Lipinski definition) is 1. The van der Waals surface area contributed by atoms with Gasteiger partial charge in [0.05, 0.1) is 13.2 Å². The molecule has 4 heterocycles. The maximum Gasteiger partial charge on any atom is 0.274 e. The molecule has 1 N–H and O–H groups in total. The normalized spacial score (nSPS) is 23.6. The summed E-state index contributed by atoms with van der Waals surface area (Å²) in [6.07, 6.45) is -0.318. The van der Waals surface area contributed by atoms with Gasteiger partial charge in [-0.3, -0.25) is 14.4 Å². The number of nitrogens with zero attached hydrogens (tertiary/aromatic N) is 3. The fourth-order valence-corrected chi connectivity index (χ4v) is 6.09. The molecule has 2 bridgehead atoms. The van der Waals surface area contributed by atoms with Gasteiger partial charge in [0, 0.05) is 43.0 Å². The van der Waals surface area contributed by atoms with Gasteiger partial charge in [0.1, 0.15) is 29.6 Å². The maximum absolute atomic E-state index is 16.1. The first-order valence-corrected chi connectivity index (χ1v) is 14.2. The number of fused-ring (bicyclic) bond motifs is 5. The fraction of sp³-hybridized carbons (Fsp3) is 0.355. The van der Waals surface area contributed by atoms with Crippen molar-refractivity contribution in [3.63, 3.8) is 0 Å². The van der Waals surface area contributed by atoms with E-state index in [1.807, 2.05) is 0 Å². The molecule has 0 unspecified atom stereocenters. The number of nitrogens with one attached hydrogen (secondary N) is 1. The summed E-state index contributed by atoms with van der Waals surface area (Å²) >= 11 is 0. The Morgan fingerprint density at radius 2 is 1.87 bits per heavy atom. The molecule has 0 radical (unpaired) electrons. The molecule has 10 nitrogen and oxygen atoms in total. The van der Waals surface area contributed by atoms with Gasteiger partial charge in [-0.05, 0) is 30.5 Å². The van der Waals surface area contributed by atoms with Crippen molar-refractivity contribution in [1.82, 2.24) is 14.8 Å². The zero-order valence-electron chi connectivity index (χ0n) is 24.2. The van der Waals surface area contributed by atoms with Crippen LogP contribution >= 0.6 is 0 Å². The number of aromatic nitrogens is 1. The summed E-state index contributed by atoms with van der Waals surface area (Å²) in [6.45, 7) is 0.866. The van der Waals surface area contributed by atoms with E-state index in [9.17, 15) is 27.6 Å².